The minimum atomic E-state index is -0.223. The van der Waals surface area contributed by atoms with Gasteiger partial charge in [0.1, 0.15) is 0 Å². The van der Waals surface area contributed by atoms with Crippen LogP contribution in [0.4, 0.5) is 5.69 Å². The highest BCUT2D eigenvalue weighted by Gasteiger charge is 2.32. The molecule has 0 saturated heterocycles. The van der Waals surface area contributed by atoms with Crippen LogP contribution in [0.1, 0.15) is 57.5 Å². The van der Waals surface area contributed by atoms with E-state index in [0.29, 0.717) is 27.4 Å². The monoisotopic (exact) mass is 486 g/mol. The van der Waals surface area contributed by atoms with Crippen LogP contribution in [0.15, 0.2) is 72.8 Å². The molecule has 178 valence electrons. The summed E-state index contributed by atoms with van der Waals surface area (Å²) in [7, 11) is 0. The van der Waals surface area contributed by atoms with Crippen molar-refractivity contribution in [3.8, 4) is 6.07 Å². The van der Waals surface area contributed by atoms with Crippen LogP contribution in [0, 0.1) is 11.3 Å². The smallest absolute Gasteiger partial charge is 0.255 e. The first kappa shape index (κ1) is 24.5. The molecule has 1 aliphatic carbocycles. The topological polar surface area (TPSA) is 99.2 Å². The molecule has 3 aromatic carbocycles. The second-order valence-electron chi connectivity index (χ2n) is 8.76. The molecule has 0 bridgehead atoms. The number of carbonyl (C=O) groups excluding carboxylic acids is 2. The summed E-state index contributed by atoms with van der Waals surface area (Å²) in [6.45, 7) is 0.255. The van der Waals surface area contributed by atoms with E-state index in [1.807, 2.05) is 18.2 Å². The van der Waals surface area contributed by atoms with Crippen molar-refractivity contribution in [3.05, 3.63) is 100 Å². The molecule has 3 N–H and O–H groups in total. The second-order valence-corrected chi connectivity index (χ2v) is 9.17. The first-order valence-corrected chi connectivity index (χ1v) is 12.1. The van der Waals surface area contributed by atoms with Crippen LogP contribution in [0.25, 0.3) is 0 Å². The molecule has 1 saturated carbocycles. The molecule has 1 aliphatic rings. The van der Waals surface area contributed by atoms with Gasteiger partial charge in [-0.3, -0.25) is 9.59 Å². The van der Waals surface area contributed by atoms with Gasteiger partial charge in [0.2, 0.25) is 0 Å². The van der Waals surface area contributed by atoms with Crippen molar-refractivity contribution in [2.45, 2.75) is 44.3 Å². The van der Waals surface area contributed by atoms with Gasteiger partial charge in [0.25, 0.3) is 11.8 Å². The highest BCUT2D eigenvalue weighted by Crippen LogP contribution is 2.29. The van der Waals surface area contributed by atoms with E-state index in [1.165, 1.54) is 0 Å². The molecule has 6 nitrogen and oxygen atoms in total. The van der Waals surface area contributed by atoms with Crippen molar-refractivity contribution in [2.24, 2.45) is 5.73 Å². The van der Waals surface area contributed by atoms with Gasteiger partial charge in [-0.1, -0.05) is 42.6 Å². The number of amides is 2. The fourth-order valence-electron chi connectivity index (χ4n) is 4.47. The van der Waals surface area contributed by atoms with E-state index in [4.69, 9.17) is 22.6 Å². The molecule has 35 heavy (non-hydrogen) atoms. The summed E-state index contributed by atoms with van der Waals surface area (Å²) in [6, 6.07) is 22.6. The molecule has 0 spiro atoms. The third kappa shape index (κ3) is 5.89. The van der Waals surface area contributed by atoms with Crippen molar-refractivity contribution >= 4 is 29.1 Å². The fraction of sp³-hybridized carbons (Fsp3) is 0.250. The zero-order valence-corrected chi connectivity index (χ0v) is 20.0. The normalized spacial score (nSPS) is 17.3. The van der Waals surface area contributed by atoms with Gasteiger partial charge in [-0.05, 0) is 73.0 Å². The Morgan fingerprint density at radius 1 is 1.00 bits per heavy atom. The van der Waals surface area contributed by atoms with E-state index in [1.54, 1.807) is 59.5 Å². The van der Waals surface area contributed by atoms with Crippen LogP contribution >= 0.6 is 11.6 Å². The molecular weight excluding hydrogens is 460 g/mol. The number of hydrogen-bond donors (Lipinski definition) is 2. The SMILES string of the molecule is N#Cc1ccc(C(=O)N(Cc2cc(NC(=O)c3ccccc3)ccc2Cl)C2CCCCC2N)cc1. The number of carbonyl (C=O) groups is 2. The Hall–Kier alpha value is -3.66. The molecule has 4 rings (SSSR count). The lowest BCUT2D eigenvalue weighted by atomic mass is 9.89. The number of anilines is 1. The van der Waals surface area contributed by atoms with Crippen molar-refractivity contribution in [1.29, 1.82) is 5.26 Å². The number of rotatable bonds is 6. The van der Waals surface area contributed by atoms with Gasteiger partial charge in [0, 0.05) is 40.5 Å². The molecule has 2 amide bonds. The van der Waals surface area contributed by atoms with Gasteiger partial charge >= 0.3 is 0 Å². The van der Waals surface area contributed by atoms with Crippen molar-refractivity contribution in [2.75, 3.05) is 5.32 Å². The molecule has 0 radical (unpaired) electrons. The van der Waals surface area contributed by atoms with Gasteiger partial charge in [0.05, 0.1) is 11.6 Å². The van der Waals surface area contributed by atoms with E-state index in [-0.39, 0.29) is 30.4 Å². The molecule has 1 fully saturated rings. The quantitative estimate of drug-likeness (QED) is 0.488. The summed E-state index contributed by atoms with van der Waals surface area (Å²) in [5.74, 6) is -0.384. The van der Waals surface area contributed by atoms with Gasteiger partial charge in [-0.2, -0.15) is 5.26 Å². The first-order chi connectivity index (χ1) is 17.0. The lowest BCUT2D eigenvalue weighted by molar-refractivity contribution is 0.0583. The third-order valence-corrected chi connectivity index (χ3v) is 6.75. The van der Waals surface area contributed by atoms with Gasteiger partial charge in [-0.15, -0.1) is 0 Å². The van der Waals surface area contributed by atoms with E-state index < -0.39 is 0 Å². The van der Waals surface area contributed by atoms with E-state index in [9.17, 15) is 9.59 Å². The fourth-order valence-corrected chi connectivity index (χ4v) is 4.65. The number of hydrogen-bond acceptors (Lipinski definition) is 4. The number of halogens is 1. The Morgan fingerprint density at radius 2 is 1.71 bits per heavy atom. The van der Waals surface area contributed by atoms with Crippen molar-refractivity contribution < 1.29 is 9.59 Å². The number of nitrogens with two attached hydrogens (primary N) is 1. The number of benzene rings is 3. The van der Waals surface area contributed by atoms with E-state index in [0.717, 1.165) is 31.2 Å². The second kappa shape index (κ2) is 11.2. The molecule has 0 heterocycles. The Balaban J connectivity index is 1.61. The van der Waals surface area contributed by atoms with Crippen LogP contribution < -0.4 is 11.1 Å². The number of nitrogens with one attached hydrogen (secondary N) is 1. The zero-order valence-electron chi connectivity index (χ0n) is 19.3. The predicted molar refractivity (Wildman–Crippen MR) is 137 cm³/mol. The van der Waals surface area contributed by atoms with E-state index in [2.05, 4.69) is 11.4 Å². The molecule has 2 atom stereocenters. The van der Waals surface area contributed by atoms with Crippen molar-refractivity contribution in [3.63, 3.8) is 0 Å². The molecular formula is C28H27ClN4O2. The van der Waals surface area contributed by atoms with Crippen LogP contribution in [-0.2, 0) is 6.54 Å². The Labute approximate surface area is 210 Å². The standard InChI is InChI=1S/C28H27ClN4O2/c29-24-15-14-23(32-27(34)20-6-2-1-3-7-20)16-22(24)18-33(26-9-5-4-8-25(26)31)28(35)21-12-10-19(17-30)11-13-21/h1-3,6-7,10-16,25-26H,4-5,8-9,18,31H2,(H,32,34). The van der Waals surface area contributed by atoms with Crippen LogP contribution in [-0.4, -0.2) is 28.8 Å². The molecule has 7 heteroatoms. The van der Waals surface area contributed by atoms with Crippen molar-refractivity contribution in [1.82, 2.24) is 4.90 Å². The molecule has 3 aromatic rings. The van der Waals surface area contributed by atoms with Crippen LogP contribution in [0.2, 0.25) is 5.02 Å². The lowest BCUT2D eigenvalue weighted by Crippen LogP contribution is -2.51. The largest absolute Gasteiger partial charge is 0.330 e. The maximum absolute atomic E-state index is 13.6. The highest BCUT2D eigenvalue weighted by molar-refractivity contribution is 6.31. The average Bonchev–Trinajstić information content (AvgIpc) is 2.89. The van der Waals surface area contributed by atoms with Gasteiger partial charge in [0.15, 0.2) is 0 Å². The first-order valence-electron chi connectivity index (χ1n) is 11.7. The van der Waals surface area contributed by atoms with Crippen LogP contribution in [0.3, 0.4) is 0 Å². The lowest BCUT2D eigenvalue weighted by Gasteiger charge is -2.38. The third-order valence-electron chi connectivity index (χ3n) is 6.38. The van der Waals surface area contributed by atoms with E-state index >= 15 is 0 Å². The Bertz CT molecular complexity index is 1240. The number of nitriles is 1. The zero-order chi connectivity index (χ0) is 24.8. The number of nitrogens with zero attached hydrogens (tertiary/aromatic N) is 2. The summed E-state index contributed by atoms with van der Waals surface area (Å²) < 4.78 is 0. The summed E-state index contributed by atoms with van der Waals surface area (Å²) >= 11 is 6.54. The summed E-state index contributed by atoms with van der Waals surface area (Å²) in [6.07, 6.45) is 3.70. The summed E-state index contributed by atoms with van der Waals surface area (Å²) in [5, 5.41) is 12.5. The minimum absolute atomic E-state index is 0.133. The minimum Gasteiger partial charge on any atom is -0.330 e. The van der Waals surface area contributed by atoms with Gasteiger partial charge < -0.3 is 16.0 Å². The summed E-state index contributed by atoms with van der Waals surface area (Å²) in [5.41, 5.74) is 9.32. The maximum Gasteiger partial charge on any atom is 0.255 e. The Morgan fingerprint density at radius 3 is 2.40 bits per heavy atom. The maximum atomic E-state index is 13.6. The predicted octanol–water partition coefficient (Wildman–Crippen LogP) is 5.38. The Kier molecular flexibility index (Phi) is 7.81. The van der Waals surface area contributed by atoms with Gasteiger partial charge in [-0.25, -0.2) is 0 Å². The average molecular weight is 487 g/mol. The highest BCUT2D eigenvalue weighted by atomic mass is 35.5. The molecule has 0 aromatic heterocycles. The molecule has 2 unspecified atom stereocenters. The summed E-state index contributed by atoms with van der Waals surface area (Å²) in [4.78, 5) is 28.0. The molecule has 0 aliphatic heterocycles. The van der Waals surface area contributed by atoms with Crippen LogP contribution in [0.5, 0.6) is 0 Å².